The van der Waals surface area contributed by atoms with Crippen molar-refractivity contribution >= 4 is 5.97 Å². The molecule has 5 heteroatoms. The molecular weight excluding hydrogens is 416 g/mol. The molecule has 1 heterocycles. The second kappa shape index (κ2) is 13.2. The second-order valence-corrected chi connectivity index (χ2v) is 8.18. The highest BCUT2D eigenvalue weighted by atomic mass is 16.7. The van der Waals surface area contributed by atoms with E-state index in [-0.39, 0.29) is 36.6 Å². The molecule has 1 saturated heterocycles. The first-order chi connectivity index (χ1) is 16.1. The van der Waals surface area contributed by atoms with Gasteiger partial charge in [-0.15, -0.1) is 0 Å². The largest absolute Gasteiger partial charge is 0.466 e. The lowest BCUT2D eigenvalue weighted by Gasteiger charge is -2.40. The Labute approximate surface area is 197 Å². The summed E-state index contributed by atoms with van der Waals surface area (Å²) in [5, 5.41) is 0. The van der Waals surface area contributed by atoms with Crippen molar-refractivity contribution < 1.29 is 23.7 Å². The maximum atomic E-state index is 12.2. The predicted octanol–water partition coefficient (Wildman–Crippen LogP) is 5.45. The fourth-order valence-electron chi connectivity index (χ4n) is 3.76. The first-order valence-electron chi connectivity index (χ1n) is 11.8. The van der Waals surface area contributed by atoms with Crippen LogP contribution in [0.2, 0.25) is 0 Å². The van der Waals surface area contributed by atoms with Gasteiger partial charge in [0.15, 0.2) is 6.29 Å². The lowest BCUT2D eigenvalue weighted by Crippen LogP contribution is -2.42. The SMILES string of the molecule is CCOC(=O)C[C@H]1OC(c2ccccc2)O[C@@H](CC#C[C@H](CC)OCc2ccccc2)[C@H]1C. The van der Waals surface area contributed by atoms with Crippen LogP contribution in [0.1, 0.15) is 57.5 Å². The van der Waals surface area contributed by atoms with Crippen molar-refractivity contribution in [3.63, 3.8) is 0 Å². The number of esters is 1. The second-order valence-electron chi connectivity index (χ2n) is 8.18. The van der Waals surface area contributed by atoms with Crippen LogP contribution in [0.5, 0.6) is 0 Å². The van der Waals surface area contributed by atoms with E-state index in [0.717, 1.165) is 17.5 Å². The summed E-state index contributed by atoms with van der Waals surface area (Å²) in [6.07, 6.45) is 0.406. The minimum Gasteiger partial charge on any atom is -0.466 e. The van der Waals surface area contributed by atoms with Crippen molar-refractivity contribution in [1.29, 1.82) is 0 Å². The van der Waals surface area contributed by atoms with Gasteiger partial charge in [-0.1, -0.05) is 86.4 Å². The summed E-state index contributed by atoms with van der Waals surface area (Å²) < 4.78 is 23.6. The third-order valence-corrected chi connectivity index (χ3v) is 5.75. The van der Waals surface area contributed by atoms with Gasteiger partial charge in [-0.2, -0.15) is 0 Å². The van der Waals surface area contributed by atoms with Gasteiger partial charge in [0.2, 0.25) is 0 Å². The van der Waals surface area contributed by atoms with Gasteiger partial charge in [-0.3, -0.25) is 4.79 Å². The van der Waals surface area contributed by atoms with Crippen LogP contribution in [0.4, 0.5) is 0 Å². The average molecular weight is 451 g/mol. The highest BCUT2D eigenvalue weighted by Gasteiger charge is 2.38. The highest BCUT2D eigenvalue weighted by Crippen LogP contribution is 2.36. The normalized spacial score (nSPS) is 23.2. The maximum absolute atomic E-state index is 12.2. The van der Waals surface area contributed by atoms with Crippen molar-refractivity contribution in [3.8, 4) is 11.8 Å². The van der Waals surface area contributed by atoms with Crippen LogP contribution in [-0.2, 0) is 30.3 Å². The van der Waals surface area contributed by atoms with Gasteiger partial charge >= 0.3 is 5.97 Å². The Morgan fingerprint density at radius 1 is 1.00 bits per heavy atom. The summed E-state index contributed by atoms with van der Waals surface area (Å²) >= 11 is 0. The summed E-state index contributed by atoms with van der Waals surface area (Å²) in [6.45, 7) is 6.81. The van der Waals surface area contributed by atoms with E-state index in [1.807, 2.05) is 67.6 Å². The molecule has 0 saturated carbocycles. The molecule has 0 spiro atoms. The van der Waals surface area contributed by atoms with Gasteiger partial charge in [-0.25, -0.2) is 0 Å². The molecule has 1 fully saturated rings. The number of rotatable bonds is 9. The van der Waals surface area contributed by atoms with E-state index in [9.17, 15) is 4.79 Å². The van der Waals surface area contributed by atoms with E-state index < -0.39 is 6.29 Å². The van der Waals surface area contributed by atoms with Crippen LogP contribution in [0, 0.1) is 17.8 Å². The molecule has 2 aromatic carbocycles. The molecule has 0 bridgehead atoms. The Kier molecular flexibility index (Phi) is 9.96. The molecule has 5 atom stereocenters. The Morgan fingerprint density at radius 3 is 2.33 bits per heavy atom. The molecule has 0 aromatic heterocycles. The molecule has 0 amide bonds. The van der Waals surface area contributed by atoms with Gasteiger partial charge in [-0.05, 0) is 18.9 Å². The van der Waals surface area contributed by atoms with Gasteiger partial charge in [0, 0.05) is 17.9 Å². The first-order valence-corrected chi connectivity index (χ1v) is 11.8. The first kappa shape index (κ1) is 25.0. The topological polar surface area (TPSA) is 54.0 Å². The Hall–Kier alpha value is -2.65. The van der Waals surface area contributed by atoms with Gasteiger partial charge < -0.3 is 18.9 Å². The Balaban J connectivity index is 1.65. The number of carbonyl (C=O) groups is 1. The van der Waals surface area contributed by atoms with E-state index >= 15 is 0 Å². The van der Waals surface area contributed by atoms with Crippen molar-refractivity contribution in [3.05, 3.63) is 71.8 Å². The van der Waals surface area contributed by atoms with Crippen molar-refractivity contribution in [2.75, 3.05) is 6.61 Å². The van der Waals surface area contributed by atoms with E-state index in [1.54, 1.807) is 6.92 Å². The zero-order valence-electron chi connectivity index (χ0n) is 19.7. The van der Waals surface area contributed by atoms with Crippen LogP contribution >= 0.6 is 0 Å². The molecule has 0 aliphatic carbocycles. The summed E-state index contributed by atoms with van der Waals surface area (Å²) in [5.41, 5.74) is 2.06. The standard InChI is InChI=1S/C28H34O5/c1-4-24(31-20-22-13-8-6-9-14-22)17-12-18-25-21(3)26(19-27(29)30-5-2)33-28(32-25)23-15-10-7-11-16-23/h6-11,13-16,21,24-26,28H,4-5,18-20H2,1-3H3/t21-,24+,25+,26-,28?/m1/s1. The predicted molar refractivity (Wildman–Crippen MR) is 127 cm³/mol. The molecule has 2 aromatic rings. The fraction of sp³-hybridized carbons (Fsp3) is 0.464. The minimum absolute atomic E-state index is 0.00557. The van der Waals surface area contributed by atoms with Crippen LogP contribution in [0.3, 0.4) is 0 Å². The molecule has 1 aliphatic rings. The fourth-order valence-corrected chi connectivity index (χ4v) is 3.76. The van der Waals surface area contributed by atoms with E-state index in [0.29, 0.717) is 19.6 Å². The van der Waals surface area contributed by atoms with Crippen molar-refractivity contribution in [2.45, 2.75) is 71.2 Å². The van der Waals surface area contributed by atoms with Crippen molar-refractivity contribution in [1.82, 2.24) is 0 Å². The average Bonchev–Trinajstić information content (AvgIpc) is 2.84. The Bertz CT molecular complexity index is 902. The lowest BCUT2D eigenvalue weighted by atomic mass is 9.92. The van der Waals surface area contributed by atoms with Crippen LogP contribution in [0.25, 0.3) is 0 Å². The van der Waals surface area contributed by atoms with Crippen LogP contribution in [0.15, 0.2) is 60.7 Å². The maximum Gasteiger partial charge on any atom is 0.308 e. The molecule has 176 valence electrons. The van der Waals surface area contributed by atoms with Gasteiger partial charge in [0.1, 0.15) is 6.10 Å². The van der Waals surface area contributed by atoms with E-state index in [1.165, 1.54) is 0 Å². The quantitative estimate of drug-likeness (QED) is 0.376. The Morgan fingerprint density at radius 2 is 1.67 bits per heavy atom. The molecule has 5 nitrogen and oxygen atoms in total. The van der Waals surface area contributed by atoms with Gasteiger partial charge in [0.05, 0.1) is 31.8 Å². The van der Waals surface area contributed by atoms with Crippen LogP contribution in [-0.4, -0.2) is 30.9 Å². The summed E-state index contributed by atoms with van der Waals surface area (Å²) in [7, 11) is 0. The molecule has 33 heavy (non-hydrogen) atoms. The monoisotopic (exact) mass is 450 g/mol. The number of benzene rings is 2. The van der Waals surface area contributed by atoms with Crippen molar-refractivity contribution in [2.24, 2.45) is 5.92 Å². The molecule has 0 N–H and O–H groups in total. The number of ether oxygens (including phenoxy) is 4. The zero-order valence-corrected chi connectivity index (χ0v) is 19.7. The molecule has 1 unspecified atom stereocenters. The third kappa shape index (κ3) is 7.71. The highest BCUT2D eigenvalue weighted by molar-refractivity contribution is 5.70. The molecule has 1 aliphatic heterocycles. The molecule has 3 rings (SSSR count). The smallest absolute Gasteiger partial charge is 0.308 e. The summed E-state index contributed by atoms with van der Waals surface area (Å²) in [6, 6.07) is 19.9. The third-order valence-electron chi connectivity index (χ3n) is 5.75. The number of hydrogen-bond acceptors (Lipinski definition) is 5. The van der Waals surface area contributed by atoms with E-state index in [2.05, 4.69) is 18.8 Å². The molecular formula is C28H34O5. The van der Waals surface area contributed by atoms with Crippen LogP contribution < -0.4 is 0 Å². The van der Waals surface area contributed by atoms with E-state index in [4.69, 9.17) is 18.9 Å². The summed E-state index contributed by atoms with van der Waals surface area (Å²) in [5.74, 6) is 6.26. The number of hydrogen-bond donors (Lipinski definition) is 0. The summed E-state index contributed by atoms with van der Waals surface area (Å²) in [4.78, 5) is 12.2. The minimum atomic E-state index is -0.537. The van der Waals surface area contributed by atoms with Gasteiger partial charge in [0.25, 0.3) is 0 Å². The lowest BCUT2D eigenvalue weighted by molar-refractivity contribution is -0.270. The molecule has 0 radical (unpaired) electrons. The zero-order chi connectivity index (χ0) is 23.5. The number of carbonyl (C=O) groups excluding carboxylic acids is 1.